The van der Waals surface area contributed by atoms with E-state index in [4.69, 9.17) is 4.74 Å². The van der Waals surface area contributed by atoms with Crippen LogP contribution < -0.4 is 10.3 Å². The number of rotatable bonds is 5. The normalized spacial score (nSPS) is 14.0. The minimum atomic E-state index is -0.0877. The zero-order valence-corrected chi connectivity index (χ0v) is 15.2. The Morgan fingerprint density at radius 2 is 1.96 bits per heavy atom. The number of aromatic amines is 1. The van der Waals surface area contributed by atoms with Crippen LogP contribution in [0.5, 0.6) is 5.75 Å². The zero-order chi connectivity index (χ0) is 18.6. The molecule has 0 saturated heterocycles. The van der Waals surface area contributed by atoms with E-state index in [0.717, 1.165) is 36.5 Å². The topological polar surface area (TPSA) is 84.0 Å². The summed E-state index contributed by atoms with van der Waals surface area (Å²) in [6.45, 7) is 4.88. The summed E-state index contributed by atoms with van der Waals surface area (Å²) in [5, 5.41) is 0. The van der Waals surface area contributed by atoms with E-state index in [9.17, 15) is 4.79 Å². The van der Waals surface area contributed by atoms with E-state index in [1.165, 1.54) is 11.9 Å². The second-order valence-electron chi connectivity index (χ2n) is 6.50. The average Bonchev–Trinajstić information content (AvgIpc) is 2.71. The van der Waals surface area contributed by atoms with Gasteiger partial charge in [-0.05, 0) is 24.6 Å². The molecule has 3 aromatic rings. The monoisotopic (exact) mass is 363 g/mol. The molecule has 0 atom stereocenters. The van der Waals surface area contributed by atoms with Crippen LogP contribution in [0, 0.1) is 0 Å². The molecule has 0 fully saturated rings. The predicted octanol–water partition coefficient (Wildman–Crippen LogP) is 2.18. The second kappa shape index (κ2) is 7.67. The molecule has 0 unspecified atom stereocenters. The maximum atomic E-state index is 12.6. The lowest BCUT2D eigenvalue weighted by molar-refractivity contribution is 0.241. The van der Waals surface area contributed by atoms with Crippen molar-refractivity contribution in [2.75, 3.05) is 13.2 Å². The van der Waals surface area contributed by atoms with E-state index in [-0.39, 0.29) is 5.56 Å². The molecule has 0 bridgehead atoms. The molecule has 4 rings (SSSR count). The number of ether oxygens (including phenoxy) is 1. The molecule has 2 aromatic heterocycles. The van der Waals surface area contributed by atoms with Crippen LogP contribution in [0.3, 0.4) is 0 Å². The van der Waals surface area contributed by atoms with Crippen LogP contribution in [0.2, 0.25) is 0 Å². The maximum Gasteiger partial charge on any atom is 0.255 e. The molecule has 7 nitrogen and oxygen atoms in total. The molecular weight excluding hydrogens is 342 g/mol. The van der Waals surface area contributed by atoms with Crippen LogP contribution in [0.1, 0.15) is 23.7 Å². The Hall–Kier alpha value is -3.06. The molecule has 138 valence electrons. The van der Waals surface area contributed by atoms with Crippen molar-refractivity contribution in [1.29, 1.82) is 0 Å². The standard InChI is InChI=1S/C20H21N5O2/c1-2-27-16-5-3-14(4-6-16)11-25-8-7-18-17(12-25)20(26)24-19(23-18)15-9-21-13-22-10-15/h3-6,9-10,13H,2,7-8,11-12H2,1H3,(H,23,24,26). The molecule has 3 heterocycles. The van der Waals surface area contributed by atoms with Crippen molar-refractivity contribution in [3.63, 3.8) is 0 Å². The number of aromatic nitrogens is 4. The van der Waals surface area contributed by atoms with Crippen molar-refractivity contribution in [3.8, 4) is 17.1 Å². The van der Waals surface area contributed by atoms with Crippen LogP contribution in [0.25, 0.3) is 11.4 Å². The minimum absolute atomic E-state index is 0.0877. The fraction of sp³-hybridized carbons (Fsp3) is 0.300. The highest BCUT2D eigenvalue weighted by Crippen LogP contribution is 2.20. The number of fused-ring (bicyclic) bond motifs is 1. The largest absolute Gasteiger partial charge is 0.494 e. The summed E-state index contributed by atoms with van der Waals surface area (Å²) in [7, 11) is 0. The molecule has 1 aliphatic rings. The van der Waals surface area contributed by atoms with Crippen LogP contribution in [-0.2, 0) is 19.5 Å². The van der Waals surface area contributed by atoms with E-state index in [1.807, 2.05) is 19.1 Å². The number of hydrogen-bond donors (Lipinski definition) is 1. The van der Waals surface area contributed by atoms with Crippen molar-refractivity contribution in [1.82, 2.24) is 24.8 Å². The summed E-state index contributed by atoms with van der Waals surface area (Å²) in [6.07, 6.45) is 5.51. The highest BCUT2D eigenvalue weighted by atomic mass is 16.5. The van der Waals surface area contributed by atoms with Gasteiger partial charge < -0.3 is 9.72 Å². The zero-order valence-electron chi connectivity index (χ0n) is 15.2. The van der Waals surface area contributed by atoms with Gasteiger partial charge in [-0.2, -0.15) is 0 Å². The van der Waals surface area contributed by atoms with Crippen molar-refractivity contribution >= 4 is 0 Å². The first-order valence-electron chi connectivity index (χ1n) is 9.04. The van der Waals surface area contributed by atoms with E-state index in [2.05, 4.69) is 37.0 Å². The fourth-order valence-corrected chi connectivity index (χ4v) is 3.29. The van der Waals surface area contributed by atoms with E-state index < -0.39 is 0 Å². The van der Waals surface area contributed by atoms with Gasteiger partial charge in [0, 0.05) is 38.4 Å². The van der Waals surface area contributed by atoms with Crippen molar-refractivity contribution in [2.24, 2.45) is 0 Å². The predicted molar refractivity (Wildman–Crippen MR) is 101 cm³/mol. The van der Waals surface area contributed by atoms with Gasteiger partial charge in [-0.25, -0.2) is 15.0 Å². The van der Waals surface area contributed by atoms with Crippen LogP contribution in [-0.4, -0.2) is 38.0 Å². The Labute approximate surface area is 157 Å². The summed E-state index contributed by atoms with van der Waals surface area (Å²) in [5.74, 6) is 1.41. The summed E-state index contributed by atoms with van der Waals surface area (Å²) >= 11 is 0. The minimum Gasteiger partial charge on any atom is -0.494 e. The fourth-order valence-electron chi connectivity index (χ4n) is 3.29. The van der Waals surface area contributed by atoms with Gasteiger partial charge >= 0.3 is 0 Å². The van der Waals surface area contributed by atoms with Gasteiger partial charge in [0.15, 0.2) is 0 Å². The maximum absolute atomic E-state index is 12.6. The third-order valence-corrected chi connectivity index (χ3v) is 4.62. The molecule has 0 amide bonds. The van der Waals surface area contributed by atoms with Gasteiger partial charge in [0.05, 0.1) is 23.4 Å². The highest BCUT2D eigenvalue weighted by Gasteiger charge is 2.21. The number of hydrogen-bond acceptors (Lipinski definition) is 6. The molecule has 0 aliphatic carbocycles. The van der Waals surface area contributed by atoms with E-state index in [1.54, 1.807) is 12.4 Å². The average molecular weight is 363 g/mol. The summed E-state index contributed by atoms with van der Waals surface area (Å²) < 4.78 is 5.48. The molecule has 27 heavy (non-hydrogen) atoms. The molecule has 0 saturated carbocycles. The van der Waals surface area contributed by atoms with Crippen molar-refractivity contribution in [3.05, 3.63) is 70.2 Å². The first-order valence-corrected chi connectivity index (χ1v) is 9.04. The van der Waals surface area contributed by atoms with Crippen LogP contribution in [0.15, 0.2) is 47.8 Å². The third-order valence-electron chi connectivity index (χ3n) is 4.62. The van der Waals surface area contributed by atoms with Gasteiger partial charge in [0.25, 0.3) is 5.56 Å². The first-order chi connectivity index (χ1) is 13.2. The van der Waals surface area contributed by atoms with Gasteiger partial charge in [0.2, 0.25) is 0 Å². The summed E-state index contributed by atoms with van der Waals surface area (Å²) in [4.78, 5) is 30.3. The number of H-pyrrole nitrogens is 1. The van der Waals surface area contributed by atoms with Crippen molar-refractivity contribution in [2.45, 2.75) is 26.4 Å². The number of benzene rings is 1. The Morgan fingerprint density at radius 3 is 2.70 bits per heavy atom. The van der Waals surface area contributed by atoms with Crippen LogP contribution in [0.4, 0.5) is 0 Å². The van der Waals surface area contributed by atoms with Gasteiger partial charge in [0.1, 0.15) is 17.9 Å². The number of nitrogens with zero attached hydrogens (tertiary/aromatic N) is 4. The Bertz CT molecular complexity index is 970. The first kappa shape index (κ1) is 17.4. The van der Waals surface area contributed by atoms with E-state index in [0.29, 0.717) is 24.5 Å². The SMILES string of the molecule is CCOc1ccc(CN2CCc3nc(-c4cncnc4)[nH]c(=O)c3C2)cc1. The van der Waals surface area contributed by atoms with Gasteiger partial charge in [-0.3, -0.25) is 9.69 Å². The molecule has 0 radical (unpaired) electrons. The summed E-state index contributed by atoms with van der Waals surface area (Å²) in [6, 6.07) is 8.11. The lowest BCUT2D eigenvalue weighted by atomic mass is 10.1. The highest BCUT2D eigenvalue weighted by molar-refractivity contribution is 5.52. The molecule has 7 heteroatoms. The second-order valence-corrected chi connectivity index (χ2v) is 6.50. The molecule has 1 aliphatic heterocycles. The Kier molecular flexibility index (Phi) is 4.93. The lowest BCUT2D eigenvalue weighted by Crippen LogP contribution is -2.35. The smallest absolute Gasteiger partial charge is 0.255 e. The van der Waals surface area contributed by atoms with Gasteiger partial charge in [-0.1, -0.05) is 12.1 Å². The number of nitrogens with one attached hydrogen (secondary N) is 1. The van der Waals surface area contributed by atoms with E-state index >= 15 is 0 Å². The summed E-state index contributed by atoms with van der Waals surface area (Å²) in [5.41, 5.74) is 3.43. The quantitative estimate of drug-likeness (QED) is 0.748. The third kappa shape index (κ3) is 3.88. The molecule has 1 aromatic carbocycles. The molecular formula is C20H21N5O2. The molecule has 0 spiro atoms. The van der Waals surface area contributed by atoms with Crippen LogP contribution >= 0.6 is 0 Å². The van der Waals surface area contributed by atoms with Crippen molar-refractivity contribution < 1.29 is 4.74 Å². The molecule has 1 N–H and O–H groups in total. The lowest BCUT2D eigenvalue weighted by Gasteiger charge is -2.27. The Morgan fingerprint density at radius 1 is 1.19 bits per heavy atom. The van der Waals surface area contributed by atoms with Gasteiger partial charge in [-0.15, -0.1) is 0 Å². The Balaban J connectivity index is 1.51.